The van der Waals surface area contributed by atoms with E-state index >= 15 is 0 Å². The van der Waals surface area contributed by atoms with Crippen molar-refractivity contribution in [1.29, 1.82) is 0 Å². The van der Waals surface area contributed by atoms with Gasteiger partial charge in [0.05, 0.1) is 22.6 Å². The number of hydrogen-bond acceptors (Lipinski definition) is 4. The SMILES string of the molecule is c1ccc(-c2nc3c(ccc4c(-c5ccc(-c6cccc(-c7ccc8ccccc8c7)n6)cc5)nc5ccccc5c43)o2)cc1. The number of aromatic nitrogens is 3. The molecule has 0 N–H and O–H groups in total. The average Bonchev–Trinajstić information content (AvgIpc) is 3.56. The molecule has 3 heterocycles. The van der Waals surface area contributed by atoms with Crippen LogP contribution in [0.25, 0.3) is 88.8 Å². The summed E-state index contributed by atoms with van der Waals surface area (Å²) in [6.07, 6.45) is 0. The molecule has 0 fully saturated rings. The summed E-state index contributed by atoms with van der Waals surface area (Å²) in [5, 5.41) is 5.58. The lowest BCUT2D eigenvalue weighted by Crippen LogP contribution is -1.92. The highest BCUT2D eigenvalue weighted by Crippen LogP contribution is 2.38. The van der Waals surface area contributed by atoms with Gasteiger partial charge in [0.25, 0.3) is 0 Å². The van der Waals surface area contributed by atoms with Gasteiger partial charge >= 0.3 is 0 Å². The van der Waals surface area contributed by atoms with Crippen LogP contribution in [0.3, 0.4) is 0 Å². The molecule has 0 saturated heterocycles. The highest BCUT2D eigenvalue weighted by Gasteiger charge is 2.17. The topological polar surface area (TPSA) is 51.8 Å². The maximum absolute atomic E-state index is 6.25. The van der Waals surface area contributed by atoms with Gasteiger partial charge in [-0.1, -0.05) is 103 Å². The first kappa shape index (κ1) is 25.4. The third kappa shape index (κ3) is 4.35. The summed E-state index contributed by atoms with van der Waals surface area (Å²) < 4.78 is 6.25. The summed E-state index contributed by atoms with van der Waals surface area (Å²) in [7, 11) is 0. The molecule has 9 aromatic rings. The predicted molar refractivity (Wildman–Crippen MR) is 184 cm³/mol. The highest BCUT2D eigenvalue weighted by atomic mass is 16.3. The van der Waals surface area contributed by atoms with Gasteiger partial charge in [0.15, 0.2) is 5.58 Å². The molecule has 45 heavy (non-hydrogen) atoms. The van der Waals surface area contributed by atoms with Gasteiger partial charge in [0.2, 0.25) is 5.89 Å². The summed E-state index contributed by atoms with van der Waals surface area (Å²) >= 11 is 0. The molecule has 0 amide bonds. The zero-order valence-corrected chi connectivity index (χ0v) is 24.2. The van der Waals surface area contributed by atoms with E-state index in [0.717, 1.165) is 72.1 Å². The first-order chi connectivity index (χ1) is 22.3. The Kier molecular flexibility index (Phi) is 5.78. The number of nitrogens with zero attached hydrogens (tertiary/aromatic N) is 3. The number of hydrogen-bond donors (Lipinski definition) is 0. The zero-order chi connectivity index (χ0) is 29.7. The zero-order valence-electron chi connectivity index (χ0n) is 24.2. The molecule has 0 saturated carbocycles. The third-order valence-corrected chi connectivity index (χ3v) is 8.49. The van der Waals surface area contributed by atoms with Crippen LogP contribution < -0.4 is 0 Å². The van der Waals surface area contributed by atoms with Gasteiger partial charge in [-0.3, -0.25) is 0 Å². The third-order valence-electron chi connectivity index (χ3n) is 8.49. The molecule has 4 nitrogen and oxygen atoms in total. The minimum absolute atomic E-state index is 0.614. The minimum Gasteiger partial charge on any atom is -0.436 e. The minimum atomic E-state index is 0.614. The van der Waals surface area contributed by atoms with E-state index in [1.54, 1.807) is 0 Å². The Morgan fingerprint density at radius 1 is 0.422 bits per heavy atom. The van der Waals surface area contributed by atoms with E-state index in [0.29, 0.717) is 5.89 Å². The van der Waals surface area contributed by atoms with Gasteiger partial charge in [-0.25, -0.2) is 15.0 Å². The van der Waals surface area contributed by atoms with E-state index in [9.17, 15) is 0 Å². The second-order valence-corrected chi connectivity index (χ2v) is 11.2. The molecule has 0 aliphatic heterocycles. The van der Waals surface area contributed by atoms with Crippen molar-refractivity contribution in [3.05, 3.63) is 152 Å². The van der Waals surface area contributed by atoms with Crippen LogP contribution in [0.1, 0.15) is 0 Å². The molecule has 0 spiro atoms. The fourth-order valence-corrected chi connectivity index (χ4v) is 6.26. The number of rotatable bonds is 4. The largest absolute Gasteiger partial charge is 0.436 e. The van der Waals surface area contributed by atoms with E-state index in [2.05, 4.69) is 103 Å². The van der Waals surface area contributed by atoms with E-state index in [1.807, 2.05) is 48.5 Å². The molecular formula is C41H25N3O. The monoisotopic (exact) mass is 575 g/mol. The Labute approximate surface area is 259 Å². The van der Waals surface area contributed by atoms with E-state index < -0.39 is 0 Å². The van der Waals surface area contributed by atoms with Gasteiger partial charge in [-0.2, -0.15) is 0 Å². The number of pyridine rings is 2. The van der Waals surface area contributed by atoms with Crippen molar-refractivity contribution in [2.75, 3.05) is 0 Å². The Morgan fingerprint density at radius 3 is 2.00 bits per heavy atom. The Balaban J connectivity index is 1.14. The van der Waals surface area contributed by atoms with Crippen LogP contribution in [0.2, 0.25) is 0 Å². The lowest BCUT2D eigenvalue weighted by Gasteiger charge is -2.11. The Morgan fingerprint density at radius 2 is 1.13 bits per heavy atom. The number of fused-ring (bicyclic) bond motifs is 6. The van der Waals surface area contributed by atoms with Gasteiger partial charge in [0.1, 0.15) is 5.52 Å². The fourth-order valence-electron chi connectivity index (χ4n) is 6.26. The van der Waals surface area contributed by atoms with Gasteiger partial charge in [-0.15, -0.1) is 0 Å². The van der Waals surface area contributed by atoms with Crippen molar-refractivity contribution >= 4 is 43.5 Å². The molecule has 0 aliphatic rings. The number of benzene rings is 6. The lowest BCUT2D eigenvalue weighted by molar-refractivity contribution is 0.620. The second kappa shape index (κ2) is 10.2. The van der Waals surface area contributed by atoms with Gasteiger partial charge in [-0.05, 0) is 59.3 Å². The van der Waals surface area contributed by atoms with E-state index in [4.69, 9.17) is 19.4 Å². The average molecular weight is 576 g/mol. The Hall–Kier alpha value is -6.13. The quantitative estimate of drug-likeness (QED) is 0.196. The first-order valence-electron chi connectivity index (χ1n) is 15.0. The summed E-state index contributed by atoms with van der Waals surface area (Å²) in [6, 6.07) is 52.1. The smallest absolute Gasteiger partial charge is 0.227 e. The van der Waals surface area contributed by atoms with Crippen LogP contribution in [0.5, 0.6) is 0 Å². The van der Waals surface area contributed by atoms with Crippen LogP contribution in [0.4, 0.5) is 0 Å². The summed E-state index contributed by atoms with van der Waals surface area (Å²) in [6.45, 7) is 0. The molecule has 9 rings (SSSR count). The Bertz CT molecular complexity index is 2530. The van der Waals surface area contributed by atoms with Crippen molar-refractivity contribution < 1.29 is 4.42 Å². The number of oxazole rings is 1. The molecule has 0 aliphatic carbocycles. The molecule has 6 aromatic carbocycles. The van der Waals surface area contributed by atoms with E-state index in [-0.39, 0.29) is 0 Å². The van der Waals surface area contributed by atoms with Crippen molar-refractivity contribution in [2.45, 2.75) is 0 Å². The van der Waals surface area contributed by atoms with Crippen LogP contribution in [0, 0.1) is 0 Å². The summed E-state index contributed by atoms with van der Waals surface area (Å²) in [5.41, 5.74) is 9.48. The van der Waals surface area contributed by atoms with Gasteiger partial charge in [0, 0.05) is 38.4 Å². The maximum Gasteiger partial charge on any atom is 0.227 e. The van der Waals surface area contributed by atoms with Crippen LogP contribution in [0.15, 0.2) is 156 Å². The van der Waals surface area contributed by atoms with Crippen molar-refractivity contribution in [3.8, 4) is 45.2 Å². The molecule has 210 valence electrons. The first-order valence-corrected chi connectivity index (χ1v) is 15.0. The molecule has 0 radical (unpaired) electrons. The van der Waals surface area contributed by atoms with E-state index in [1.165, 1.54) is 10.8 Å². The number of para-hydroxylation sites is 1. The predicted octanol–water partition coefficient (Wildman–Crippen LogP) is 10.7. The van der Waals surface area contributed by atoms with Crippen LogP contribution in [-0.4, -0.2) is 15.0 Å². The molecular weight excluding hydrogens is 550 g/mol. The molecule has 0 bridgehead atoms. The van der Waals surface area contributed by atoms with Crippen molar-refractivity contribution in [1.82, 2.24) is 15.0 Å². The normalized spacial score (nSPS) is 11.6. The molecule has 4 heteroatoms. The van der Waals surface area contributed by atoms with Crippen LogP contribution in [-0.2, 0) is 0 Å². The molecule has 0 unspecified atom stereocenters. The summed E-state index contributed by atoms with van der Waals surface area (Å²) in [5.74, 6) is 0.614. The standard InChI is InChI=1S/C41H25N3O/c1-2-10-29(11-3-1)41-44-40-37(45-41)24-23-33-38(40)32-13-6-7-14-36(32)43-39(33)28-20-18-27(19-21-28)34-15-8-16-35(42-34)31-22-17-26-9-4-5-12-30(26)25-31/h1-25H. The molecule has 0 atom stereocenters. The maximum atomic E-state index is 6.25. The fraction of sp³-hybridized carbons (Fsp3) is 0. The lowest BCUT2D eigenvalue weighted by atomic mass is 9.98. The van der Waals surface area contributed by atoms with Crippen molar-refractivity contribution in [2.24, 2.45) is 0 Å². The second-order valence-electron chi connectivity index (χ2n) is 11.2. The van der Waals surface area contributed by atoms with Gasteiger partial charge < -0.3 is 4.42 Å². The molecule has 3 aromatic heterocycles. The van der Waals surface area contributed by atoms with Crippen molar-refractivity contribution in [3.63, 3.8) is 0 Å². The highest BCUT2D eigenvalue weighted by molar-refractivity contribution is 6.20. The van der Waals surface area contributed by atoms with Crippen LogP contribution >= 0.6 is 0 Å². The summed E-state index contributed by atoms with van der Waals surface area (Å²) in [4.78, 5) is 15.2.